The minimum Gasteiger partial charge on any atom is -0.417 e. The third-order valence-corrected chi connectivity index (χ3v) is 40.8. The zero-order valence-corrected chi connectivity index (χ0v) is 61.2. The van der Waals surface area contributed by atoms with Gasteiger partial charge in [-0.05, 0) is 190 Å². The molecule has 0 amide bonds. The summed E-state index contributed by atoms with van der Waals surface area (Å²) < 4.78 is 65.4. The first-order valence-electron chi connectivity index (χ1n) is 23.5. The van der Waals surface area contributed by atoms with Crippen LogP contribution in [0.2, 0.25) is 216 Å². The number of hydrogen-bond donors (Lipinski definition) is 0. The lowest BCUT2D eigenvalue weighted by Gasteiger charge is -2.44. The number of rotatable bonds is 23. The summed E-state index contributed by atoms with van der Waals surface area (Å²) in [5, 5.41) is 1.10. The summed E-state index contributed by atoms with van der Waals surface area (Å²) in [5.74, 6) is -0.362. The van der Waals surface area contributed by atoms with Crippen LogP contribution in [0.25, 0.3) is 0 Å². The summed E-state index contributed by atoms with van der Waals surface area (Å²) in [7, 11) is -25.8. The van der Waals surface area contributed by atoms with Gasteiger partial charge in [0.25, 0.3) is 0 Å². The molecule has 0 aliphatic heterocycles. The molecule has 0 fully saturated rings. The minimum absolute atomic E-state index is 0.362. The van der Waals surface area contributed by atoms with Gasteiger partial charge in [0.2, 0.25) is 0 Å². The van der Waals surface area contributed by atoms with Gasteiger partial charge >= 0.3 is 26.4 Å². The van der Waals surface area contributed by atoms with Crippen LogP contribution < -0.4 is 5.19 Å². The van der Waals surface area contributed by atoms with Crippen molar-refractivity contribution >= 4 is 115 Å². The SMILES string of the molecule is CC(C[Si](C)(C)C)(O[Si](C)(C)C)O[Si](C)(C)C.C[Si](C)(C)O[Si](C)(O[Si](C)(C)C)O[Si](C)(O[Si](C)(C)C)O[Si](C)(C)C.C[Si](C)(C)O[Si](O[Si](C)(C)C)(O[Si](C)(C)C)c1ccccc1. The van der Waals surface area contributed by atoms with Gasteiger partial charge in [0.1, 0.15) is 5.79 Å². The number of hydrogen-bond acceptors (Lipinski definition) is 10. The van der Waals surface area contributed by atoms with Crippen LogP contribution >= 0.6 is 0 Å². The maximum absolute atomic E-state index is 6.67. The molecule has 0 spiro atoms. The maximum Gasteiger partial charge on any atom is 0.505 e. The fourth-order valence-corrected chi connectivity index (χ4v) is 49.4. The lowest BCUT2D eigenvalue weighted by molar-refractivity contribution is -0.0953. The van der Waals surface area contributed by atoms with Gasteiger partial charge in [0, 0.05) is 18.3 Å². The van der Waals surface area contributed by atoms with Crippen molar-refractivity contribution in [3.05, 3.63) is 30.3 Å². The van der Waals surface area contributed by atoms with Crippen molar-refractivity contribution in [2.45, 2.75) is 228 Å². The Labute approximate surface area is 412 Å². The van der Waals surface area contributed by atoms with Crippen molar-refractivity contribution in [2.24, 2.45) is 0 Å². The Bertz CT molecular complexity index is 1350. The topological polar surface area (TPSA) is 92.3 Å². The first kappa shape index (κ1) is 67.7. The summed E-state index contributed by atoms with van der Waals surface area (Å²) in [6.07, 6.45) is 0. The van der Waals surface area contributed by atoms with E-state index in [4.69, 9.17) is 41.8 Å². The second-order valence-electron chi connectivity index (χ2n) is 27.6. The van der Waals surface area contributed by atoms with Crippen molar-refractivity contribution in [1.29, 1.82) is 0 Å². The maximum atomic E-state index is 6.67. The predicted molar refractivity (Wildman–Crippen MR) is 313 cm³/mol. The van der Waals surface area contributed by atoms with E-state index >= 15 is 0 Å². The van der Waals surface area contributed by atoms with Gasteiger partial charge in [-0.1, -0.05) is 50.0 Å². The molecule has 0 aliphatic rings. The Morgan fingerprint density at radius 3 is 0.734 bits per heavy atom. The monoisotopic (exact) mass is 1120 g/mol. The molecule has 0 atom stereocenters. The van der Waals surface area contributed by atoms with E-state index in [0.29, 0.717) is 0 Å². The van der Waals surface area contributed by atoms with Gasteiger partial charge < -0.3 is 41.8 Å². The zero-order valence-electron chi connectivity index (χ0n) is 48.2. The summed E-state index contributed by atoms with van der Waals surface area (Å²) in [6.45, 7) is 72.7. The largest absolute Gasteiger partial charge is 0.505 e. The van der Waals surface area contributed by atoms with E-state index in [0.717, 1.165) is 11.2 Å². The van der Waals surface area contributed by atoms with Crippen LogP contribution in [-0.2, 0) is 41.8 Å². The van der Waals surface area contributed by atoms with Gasteiger partial charge in [-0.3, -0.25) is 0 Å². The van der Waals surface area contributed by atoms with Crippen molar-refractivity contribution in [3.8, 4) is 0 Å². The Hall–Kier alpha value is 1.64. The highest BCUT2D eigenvalue weighted by Gasteiger charge is 2.54. The smallest absolute Gasteiger partial charge is 0.417 e. The molecule has 23 heteroatoms. The zero-order chi connectivity index (χ0) is 51.9. The molecular formula is C41H106O10Si13. The van der Waals surface area contributed by atoms with Crippen molar-refractivity contribution in [3.63, 3.8) is 0 Å². The van der Waals surface area contributed by atoms with Gasteiger partial charge in [-0.15, -0.1) is 0 Å². The third-order valence-electron chi connectivity index (χ3n) is 6.68. The molecule has 64 heavy (non-hydrogen) atoms. The Morgan fingerprint density at radius 2 is 0.547 bits per heavy atom. The van der Waals surface area contributed by atoms with E-state index in [2.05, 4.69) is 215 Å². The van der Waals surface area contributed by atoms with Crippen molar-refractivity contribution < 1.29 is 41.8 Å². The molecule has 0 radical (unpaired) electrons. The van der Waals surface area contributed by atoms with Gasteiger partial charge in [-0.2, -0.15) is 0 Å². The fraction of sp³-hybridized carbons (Fsp3) is 0.854. The first-order chi connectivity index (χ1) is 27.4. The van der Waals surface area contributed by atoms with Gasteiger partial charge in [0.05, 0.1) is 8.07 Å². The Morgan fingerprint density at radius 1 is 0.312 bits per heavy atom. The molecule has 0 saturated heterocycles. The minimum atomic E-state index is -2.89. The third kappa shape index (κ3) is 37.5. The lowest BCUT2D eigenvalue weighted by Crippen LogP contribution is -2.67. The highest BCUT2D eigenvalue weighted by molar-refractivity contribution is 6.96. The quantitative estimate of drug-likeness (QED) is 0.0779. The number of benzene rings is 1. The average molecular weight is 1120 g/mol. The standard InChI is InChI=1S/C15H32O3Si4.C14H42O5Si6.C12H32O2Si3/c1-19(2,3)16-22(17-20(4,5)6,18-21(7,8)9)15-13-11-10-12-14-15;1-20(2,3)15-24(13,16-21(4,5)6)19-25(14,17-22(7,8)9)18-23(10,11)12;1-12(11-15(2,3)4,13-16(5,6)7)14-17(8,9)10/h10-14H,1-9H3;1-14H3;11H2,1-10H3. The van der Waals surface area contributed by atoms with E-state index in [1.54, 1.807) is 0 Å². The van der Waals surface area contributed by atoms with Gasteiger partial charge in [-0.25, -0.2) is 0 Å². The molecule has 10 nitrogen and oxygen atoms in total. The normalized spacial score (nSPS) is 15.0. The molecule has 0 bridgehead atoms. The molecule has 0 aromatic heterocycles. The average Bonchev–Trinajstić information content (AvgIpc) is 2.82. The van der Waals surface area contributed by atoms with Crippen molar-refractivity contribution in [2.75, 3.05) is 0 Å². The Balaban J connectivity index is 0. The van der Waals surface area contributed by atoms with E-state index in [1.165, 1.54) is 0 Å². The van der Waals surface area contributed by atoms with Crippen LogP contribution in [0.1, 0.15) is 6.92 Å². The molecule has 0 heterocycles. The second-order valence-corrected chi connectivity index (χ2v) is 83.1. The highest BCUT2D eigenvalue weighted by atomic mass is 28.5. The summed E-state index contributed by atoms with van der Waals surface area (Å²) in [6, 6.07) is 11.4. The Kier molecular flexibility index (Phi) is 25.3. The molecule has 1 rings (SSSR count). The highest BCUT2D eigenvalue weighted by Crippen LogP contribution is 2.33. The van der Waals surface area contributed by atoms with E-state index in [-0.39, 0.29) is 5.79 Å². The molecule has 0 saturated carbocycles. The van der Waals surface area contributed by atoms with Crippen molar-refractivity contribution in [1.82, 2.24) is 0 Å². The van der Waals surface area contributed by atoms with E-state index in [1.807, 2.05) is 31.3 Å². The molecule has 1 aromatic carbocycles. The van der Waals surface area contributed by atoms with Crippen LogP contribution in [-0.4, -0.2) is 115 Å². The molecule has 0 N–H and O–H groups in total. The molecule has 0 aliphatic carbocycles. The second kappa shape index (κ2) is 23.9. The predicted octanol–water partition coefficient (Wildman–Crippen LogP) is 14.7. The van der Waals surface area contributed by atoms with E-state index in [9.17, 15) is 0 Å². The molecule has 1 aromatic rings. The van der Waals surface area contributed by atoms with Crippen LogP contribution in [0, 0.1) is 0 Å². The van der Waals surface area contributed by atoms with Crippen LogP contribution in [0.3, 0.4) is 0 Å². The molecule has 382 valence electrons. The summed E-state index contributed by atoms with van der Waals surface area (Å²) in [5.41, 5.74) is 0. The fourth-order valence-electron chi connectivity index (χ4n) is 7.13. The van der Waals surface area contributed by atoms with Crippen LogP contribution in [0.15, 0.2) is 30.3 Å². The van der Waals surface area contributed by atoms with Crippen LogP contribution in [0.4, 0.5) is 0 Å². The lowest BCUT2D eigenvalue weighted by atomic mass is 10.4. The first-order valence-corrected chi connectivity index (χ1v) is 64.0. The molecule has 0 unspecified atom stereocenters. The summed E-state index contributed by atoms with van der Waals surface area (Å²) in [4.78, 5) is 0. The van der Waals surface area contributed by atoms with Crippen LogP contribution in [0.5, 0.6) is 0 Å². The molecular weight excluding hydrogens is 1020 g/mol. The van der Waals surface area contributed by atoms with Gasteiger partial charge in [0.15, 0.2) is 74.9 Å². The van der Waals surface area contributed by atoms with E-state index < -0.39 is 109 Å². The summed E-state index contributed by atoms with van der Waals surface area (Å²) >= 11 is 0.